The Hall–Kier alpha value is -3.13. The first-order valence-electron chi connectivity index (χ1n) is 8.12. The molecule has 8 N–H and O–H groups in total. The second-order valence-electron chi connectivity index (χ2n) is 6.00. The van der Waals surface area contributed by atoms with E-state index < -0.39 is 17.4 Å². The minimum atomic E-state index is -1.92. The molecular formula is C18H23N5O3. The Kier molecular flexibility index (Phi) is 6.13. The first-order chi connectivity index (χ1) is 12.3. The molecule has 138 valence electrons. The molecule has 0 unspecified atom stereocenters. The number of ether oxygens (including phenoxy) is 1. The number of benzene rings is 2. The lowest BCUT2D eigenvalue weighted by molar-refractivity contribution is -0.155. The zero-order chi connectivity index (χ0) is 19.2. The van der Waals surface area contributed by atoms with Gasteiger partial charge in [-0.25, -0.2) is 4.79 Å². The van der Waals surface area contributed by atoms with Crippen LogP contribution >= 0.6 is 0 Å². The van der Waals surface area contributed by atoms with E-state index in [-0.39, 0.29) is 25.5 Å². The van der Waals surface area contributed by atoms with Gasteiger partial charge in [0.1, 0.15) is 6.61 Å². The van der Waals surface area contributed by atoms with Crippen LogP contribution in [0.15, 0.2) is 47.5 Å². The Morgan fingerprint density at radius 2 is 1.73 bits per heavy atom. The summed E-state index contributed by atoms with van der Waals surface area (Å²) in [5.41, 5.74) is 20.5. The van der Waals surface area contributed by atoms with Crippen LogP contribution in [0.2, 0.25) is 0 Å². The van der Waals surface area contributed by atoms with E-state index in [1.165, 1.54) is 0 Å². The van der Waals surface area contributed by atoms with Crippen molar-refractivity contribution in [3.63, 3.8) is 0 Å². The minimum Gasteiger partial charge on any atom is -0.459 e. The predicted molar refractivity (Wildman–Crippen MR) is 99.8 cm³/mol. The van der Waals surface area contributed by atoms with Gasteiger partial charge in [0.15, 0.2) is 11.5 Å². The number of fused-ring (bicyclic) bond motifs is 1. The Labute approximate surface area is 151 Å². The van der Waals surface area contributed by atoms with Gasteiger partial charge in [-0.1, -0.05) is 36.4 Å². The number of amides is 1. The van der Waals surface area contributed by atoms with Crippen LogP contribution in [0.25, 0.3) is 10.8 Å². The van der Waals surface area contributed by atoms with Gasteiger partial charge in [-0.05, 0) is 35.2 Å². The summed E-state index contributed by atoms with van der Waals surface area (Å²) < 4.78 is 5.23. The molecule has 0 aliphatic rings. The number of guanidine groups is 1. The maximum absolute atomic E-state index is 12.3. The molecule has 2 aromatic carbocycles. The van der Waals surface area contributed by atoms with E-state index in [2.05, 4.69) is 4.99 Å². The number of rotatable bonds is 8. The molecule has 0 fully saturated rings. The average molecular weight is 357 g/mol. The van der Waals surface area contributed by atoms with Gasteiger partial charge in [0.05, 0.1) is 0 Å². The summed E-state index contributed by atoms with van der Waals surface area (Å²) in [5, 5.41) is 2.10. The highest BCUT2D eigenvalue weighted by molar-refractivity contribution is 6.06. The highest BCUT2D eigenvalue weighted by Crippen LogP contribution is 2.18. The maximum Gasteiger partial charge on any atom is 0.336 e. The number of aliphatic imine (C=N–C) groups is 1. The highest BCUT2D eigenvalue weighted by Gasteiger charge is 2.41. The Balaban J connectivity index is 2.01. The van der Waals surface area contributed by atoms with Gasteiger partial charge in [0.2, 0.25) is 5.91 Å². The maximum atomic E-state index is 12.3. The molecule has 0 aromatic heterocycles. The van der Waals surface area contributed by atoms with Crippen LogP contribution in [0.4, 0.5) is 0 Å². The SMILES string of the molecule is NC(=O)[C@@](N)(CCCN=C(N)N)C(=O)OCc1ccc2ccccc2c1. The second-order valence-corrected chi connectivity index (χ2v) is 6.00. The number of nitrogens with zero attached hydrogens (tertiary/aromatic N) is 1. The first kappa shape index (κ1) is 19.2. The highest BCUT2D eigenvalue weighted by atomic mass is 16.5. The Bertz CT molecular complexity index is 832. The lowest BCUT2D eigenvalue weighted by Crippen LogP contribution is -2.58. The summed E-state index contributed by atoms with van der Waals surface area (Å²) in [6, 6.07) is 13.5. The van der Waals surface area contributed by atoms with Crippen molar-refractivity contribution in [2.24, 2.45) is 27.9 Å². The van der Waals surface area contributed by atoms with E-state index in [1.54, 1.807) is 0 Å². The van der Waals surface area contributed by atoms with Gasteiger partial charge < -0.3 is 27.7 Å². The van der Waals surface area contributed by atoms with Crippen molar-refractivity contribution < 1.29 is 14.3 Å². The topological polar surface area (TPSA) is 160 Å². The molecule has 0 saturated heterocycles. The van der Waals surface area contributed by atoms with Crippen LogP contribution in [0.1, 0.15) is 18.4 Å². The van der Waals surface area contributed by atoms with Crippen LogP contribution in [0.3, 0.4) is 0 Å². The van der Waals surface area contributed by atoms with Crippen LogP contribution in [0.5, 0.6) is 0 Å². The third-order valence-electron chi connectivity index (χ3n) is 4.01. The number of hydrogen-bond donors (Lipinski definition) is 4. The fourth-order valence-corrected chi connectivity index (χ4v) is 2.50. The molecule has 2 rings (SSSR count). The van der Waals surface area contributed by atoms with Gasteiger partial charge >= 0.3 is 5.97 Å². The van der Waals surface area contributed by atoms with E-state index in [4.69, 9.17) is 27.7 Å². The fourth-order valence-electron chi connectivity index (χ4n) is 2.50. The summed E-state index contributed by atoms with van der Waals surface area (Å²) in [7, 11) is 0. The lowest BCUT2D eigenvalue weighted by Gasteiger charge is -2.23. The number of hydrogen-bond acceptors (Lipinski definition) is 5. The number of carbonyl (C=O) groups is 2. The van der Waals surface area contributed by atoms with Gasteiger partial charge in [0, 0.05) is 6.54 Å². The molecule has 1 amide bonds. The summed E-state index contributed by atoms with van der Waals surface area (Å²) in [6.07, 6.45) is 0.290. The molecule has 0 aliphatic heterocycles. The quantitative estimate of drug-likeness (QED) is 0.172. The normalized spacial score (nSPS) is 13.0. The third kappa shape index (κ3) is 4.70. The standard InChI is InChI=1S/C18H23N5O3/c19-15(24)18(22,8-3-9-23-17(20)21)16(25)26-11-12-6-7-13-4-1-2-5-14(13)10-12/h1-2,4-7,10H,3,8-9,11,22H2,(H2,19,24)(H4,20,21,23)/t18-/m0/s1. The molecular weight excluding hydrogens is 334 g/mol. The van der Waals surface area contributed by atoms with Gasteiger partial charge in [-0.3, -0.25) is 9.79 Å². The molecule has 0 radical (unpaired) electrons. The molecule has 8 heteroatoms. The summed E-state index contributed by atoms with van der Waals surface area (Å²) in [4.78, 5) is 27.8. The fraction of sp³-hybridized carbons (Fsp3) is 0.278. The smallest absolute Gasteiger partial charge is 0.336 e. The average Bonchev–Trinajstić information content (AvgIpc) is 2.62. The molecule has 0 spiro atoms. The molecule has 8 nitrogen and oxygen atoms in total. The summed E-state index contributed by atoms with van der Waals surface area (Å²) in [5.74, 6) is -1.90. The molecule has 1 atom stereocenters. The van der Waals surface area contributed by atoms with Crippen LogP contribution in [0, 0.1) is 0 Å². The molecule has 26 heavy (non-hydrogen) atoms. The van der Waals surface area contributed by atoms with Crippen LogP contribution < -0.4 is 22.9 Å². The molecule has 0 bridgehead atoms. The van der Waals surface area contributed by atoms with Crippen LogP contribution in [-0.4, -0.2) is 29.9 Å². The Morgan fingerprint density at radius 1 is 1.04 bits per heavy atom. The van der Waals surface area contributed by atoms with Gasteiger partial charge in [-0.2, -0.15) is 0 Å². The van der Waals surface area contributed by atoms with Crippen molar-refractivity contribution >= 4 is 28.6 Å². The molecule has 0 saturated carbocycles. The van der Waals surface area contributed by atoms with Crippen LogP contribution in [-0.2, 0) is 20.9 Å². The number of esters is 1. The van der Waals surface area contributed by atoms with E-state index >= 15 is 0 Å². The molecule has 2 aromatic rings. The first-order valence-corrected chi connectivity index (χ1v) is 8.12. The van der Waals surface area contributed by atoms with E-state index in [0.29, 0.717) is 6.42 Å². The number of primary amides is 1. The van der Waals surface area contributed by atoms with Gasteiger partial charge in [0.25, 0.3) is 0 Å². The monoisotopic (exact) mass is 357 g/mol. The van der Waals surface area contributed by atoms with E-state index in [0.717, 1.165) is 16.3 Å². The number of nitrogens with two attached hydrogens (primary N) is 4. The van der Waals surface area contributed by atoms with E-state index in [9.17, 15) is 9.59 Å². The number of carbonyl (C=O) groups excluding carboxylic acids is 2. The largest absolute Gasteiger partial charge is 0.459 e. The minimum absolute atomic E-state index is 0.0101. The van der Waals surface area contributed by atoms with Crippen molar-refractivity contribution in [1.29, 1.82) is 0 Å². The van der Waals surface area contributed by atoms with Crippen molar-refractivity contribution in [2.45, 2.75) is 25.0 Å². The molecule has 0 aliphatic carbocycles. The Morgan fingerprint density at radius 3 is 2.38 bits per heavy atom. The van der Waals surface area contributed by atoms with Crippen molar-refractivity contribution in [3.05, 3.63) is 48.0 Å². The zero-order valence-corrected chi connectivity index (χ0v) is 14.4. The third-order valence-corrected chi connectivity index (χ3v) is 4.01. The van der Waals surface area contributed by atoms with Crippen molar-refractivity contribution in [2.75, 3.05) is 6.54 Å². The molecule has 0 heterocycles. The van der Waals surface area contributed by atoms with Crippen molar-refractivity contribution in [1.82, 2.24) is 0 Å². The second kappa shape index (κ2) is 8.30. The zero-order valence-electron chi connectivity index (χ0n) is 14.4. The summed E-state index contributed by atoms with van der Waals surface area (Å²) in [6.45, 7) is 0.219. The summed E-state index contributed by atoms with van der Waals surface area (Å²) >= 11 is 0. The van der Waals surface area contributed by atoms with E-state index in [1.807, 2.05) is 42.5 Å². The lowest BCUT2D eigenvalue weighted by atomic mass is 9.94. The predicted octanol–water partition coefficient (Wildman–Crippen LogP) is 0.119. The van der Waals surface area contributed by atoms with Gasteiger partial charge in [-0.15, -0.1) is 0 Å². The van der Waals surface area contributed by atoms with Crippen molar-refractivity contribution in [3.8, 4) is 0 Å².